The Bertz CT molecular complexity index is 595. The molecule has 1 N–H and O–H groups in total. The van der Waals surface area contributed by atoms with Crippen molar-refractivity contribution in [1.82, 2.24) is 5.32 Å². The average molecular weight is 258 g/mol. The molecule has 0 saturated heterocycles. The molecule has 2 aliphatic heterocycles. The molecular formula is C16H16ClN. The lowest BCUT2D eigenvalue weighted by molar-refractivity contribution is 0.389. The van der Waals surface area contributed by atoms with Crippen molar-refractivity contribution in [3.63, 3.8) is 0 Å². The summed E-state index contributed by atoms with van der Waals surface area (Å²) in [5, 5.41) is 3.79. The lowest BCUT2D eigenvalue weighted by Crippen LogP contribution is -2.41. The van der Waals surface area contributed by atoms with E-state index < -0.39 is 0 Å². The molecule has 0 aromatic heterocycles. The van der Waals surface area contributed by atoms with E-state index >= 15 is 0 Å². The van der Waals surface area contributed by atoms with Gasteiger partial charge in [0.05, 0.1) is 5.54 Å². The van der Waals surface area contributed by atoms with E-state index in [0.29, 0.717) is 6.04 Å². The molecular weight excluding hydrogens is 242 g/mol. The van der Waals surface area contributed by atoms with Crippen LogP contribution in [0.25, 0.3) is 0 Å². The summed E-state index contributed by atoms with van der Waals surface area (Å²) in [6.07, 6.45) is 1.11. The first-order valence-corrected chi connectivity index (χ1v) is 6.24. The van der Waals surface area contributed by atoms with Gasteiger partial charge in [0.25, 0.3) is 0 Å². The van der Waals surface area contributed by atoms with E-state index in [9.17, 15) is 0 Å². The lowest BCUT2D eigenvalue weighted by atomic mass is 9.82. The molecule has 92 valence electrons. The van der Waals surface area contributed by atoms with Crippen molar-refractivity contribution in [3.05, 3.63) is 70.8 Å². The third-order valence-electron chi connectivity index (χ3n) is 4.32. The predicted molar refractivity (Wildman–Crippen MR) is 76.2 cm³/mol. The average Bonchev–Trinajstić information content (AvgIpc) is 2.61. The Morgan fingerprint density at radius 3 is 2.50 bits per heavy atom. The van der Waals surface area contributed by atoms with Gasteiger partial charge >= 0.3 is 0 Å². The van der Waals surface area contributed by atoms with Crippen LogP contribution in [0.4, 0.5) is 0 Å². The monoisotopic (exact) mass is 257 g/mol. The zero-order chi connectivity index (χ0) is 11.5. The van der Waals surface area contributed by atoms with Crippen LogP contribution in [0.5, 0.6) is 0 Å². The molecule has 2 atom stereocenters. The van der Waals surface area contributed by atoms with Gasteiger partial charge in [-0.05, 0) is 35.6 Å². The van der Waals surface area contributed by atoms with E-state index in [1.54, 1.807) is 0 Å². The Hall–Kier alpha value is -1.31. The third kappa shape index (κ3) is 1.32. The van der Waals surface area contributed by atoms with Gasteiger partial charge in [-0.3, -0.25) is 5.32 Å². The summed E-state index contributed by atoms with van der Waals surface area (Å²) >= 11 is 0. The van der Waals surface area contributed by atoms with Gasteiger partial charge in [0.2, 0.25) is 0 Å². The van der Waals surface area contributed by atoms with Crippen LogP contribution in [-0.2, 0) is 12.0 Å². The van der Waals surface area contributed by atoms with Crippen molar-refractivity contribution in [2.24, 2.45) is 0 Å². The topological polar surface area (TPSA) is 12.0 Å². The van der Waals surface area contributed by atoms with E-state index in [2.05, 4.69) is 60.8 Å². The fraction of sp³-hybridized carbons (Fsp3) is 0.250. The first kappa shape index (κ1) is 11.8. The van der Waals surface area contributed by atoms with Crippen molar-refractivity contribution in [1.29, 1.82) is 0 Å². The summed E-state index contributed by atoms with van der Waals surface area (Å²) in [4.78, 5) is 0. The molecule has 2 heteroatoms. The maximum atomic E-state index is 3.79. The van der Waals surface area contributed by atoms with E-state index in [0.717, 1.165) is 6.42 Å². The van der Waals surface area contributed by atoms with Crippen LogP contribution in [0.15, 0.2) is 48.5 Å². The first-order valence-electron chi connectivity index (χ1n) is 6.24. The maximum absolute atomic E-state index is 3.79. The lowest BCUT2D eigenvalue weighted by Gasteiger charge is -2.34. The minimum Gasteiger partial charge on any atom is -0.297 e. The van der Waals surface area contributed by atoms with Crippen LogP contribution >= 0.6 is 12.4 Å². The molecule has 0 saturated carbocycles. The highest BCUT2D eigenvalue weighted by Crippen LogP contribution is 2.47. The Kier molecular flexibility index (Phi) is 2.51. The molecule has 2 bridgehead atoms. The summed E-state index contributed by atoms with van der Waals surface area (Å²) in [5.74, 6) is 0. The number of nitrogens with one attached hydrogen (secondary N) is 1. The Morgan fingerprint density at radius 1 is 1.00 bits per heavy atom. The summed E-state index contributed by atoms with van der Waals surface area (Å²) in [7, 11) is 0. The normalized spacial score (nSPS) is 27.1. The van der Waals surface area contributed by atoms with E-state index in [1.807, 2.05) is 0 Å². The highest BCUT2D eigenvalue weighted by atomic mass is 35.5. The van der Waals surface area contributed by atoms with Crippen LogP contribution in [0, 0.1) is 0 Å². The number of rotatable bonds is 0. The predicted octanol–water partition coefficient (Wildman–Crippen LogP) is 3.57. The van der Waals surface area contributed by atoms with Gasteiger partial charge < -0.3 is 0 Å². The van der Waals surface area contributed by atoms with Crippen LogP contribution in [0.3, 0.4) is 0 Å². The van der Waals surface area contributed by atoms with E-state index in [-0.39, 0.29) is 17.9 Å². The second-order valence-electron chi connectivity index (χ2n) is 5.27. The van der Waals surface area contributed by atoms with Crippen LogP contribution in [0.2, 0.25) is 0 Å². The fourth-order valence-electron chi connectivity index (χ4n) is 3.55. The molecule has 2 aromatic rings. The number of halogens is 1. The quantitative estimate of drug-likeness (QED) is 0.761. The largest absolute Gasteiger partial charge is 0.297 e. The van der Waals surface area contributed by atoms with Gasteiger partial charge in [-0.1, -0.05) is 48.5 Å². The van der Waals surface area contributed by atoms with Crippen molar-refractivity contribution >= 4 is 12.4 Å². The first-order chi connectivity index (χ1) is 8.29. The third-order valence-corrected chi connectivity index (χ3v) is 4.32. The fourth-order valence-corrected chi connectivity index (χ4v) is 3.55. The smallest absolute Gasteiger partial charge is 0.0672 e. The van der Waals surface area contributed by atoms with Gasteiger partial charge in [-0.15, -0.1) is 12.4 Å². The van der Waals surface area contributed by atoms with Gasteiger partial charge in [0, 0.05) is 6.04 Å². The minimum absolute atomic E-state index is 0. The molecule has 0 spiro atoms. The van der Waals surface area contributed by atoms with Crippen molar-refractivity contribution < 1.29 is 0 Å². The number of hydrogen-bond acceptors (Lipinski definition) is 1. The molecule has 0 unspecified atom stereocenters. The summed E-state index contributed by atoms with van der Waals surface area (Å²) in [6.45, 7) is 2.31. The van der Waals surface area contributed by atoms with Crippen molar-refractivity contribution in [2.45, 2.75) is 24.9 Å². The second kappa shape index (κ2) is 3.84. The van der Waals surface area contributed by atoms with Crippen molar-refractivity contribution in [2.75, 3.05) is 0 Å². The Labute approximate surface area is 114 Å². The number of fused-ring (bicyclic) bond motifs is 7. The zero-order valence-corrected chi connectivity index (χ0v) is 11.1. The van der Waals surface area contributed by atoms with Crippen LogP contribution < -0.4 is 5.32 Å². The van der Waals surface area contributed by atoms with E-state index in [1.165, 1.54) is 22.3 Å². The minimum atomic E-state index is 0. The molecule has 4 rings (SSSR count). The van der Waals surface area contributed by atoms with Gasteiger partial charge in [-0.2, -0.15) is 0 Å². The molecule has 0 aliphatic carbocycles. The Balaban J connectivity index is 0.000001000. The van der Waals surface area contributed by atoms with Gasteiger partial charge in [-0.25, -0.2) is 0 Å². The second-order valence-corrected chi connectivity index (χ2v) is 5.27. The molecule has 1 nitrogen and oxygen atoms in total. The van der Waals surface area contributed by atoms with E-state index in [4.69, 9.17) is 0 Å². The van der Waals surface area contributed by atoms with Crippen LogP contribution in [-0.4, -0.2) is 0 Å². The summed E-state index contributed by atoms with van der Waals surface area (Å²) < 4.78 is 0. The molecule has 0 amide bonds. The highest BCUT2D eigenvalue weighted by molar-refractivity contribution is 5.85. The highest BCUT2D eigenvalue weighted by Gasteiger charge is 2.45. The number of benzene rings is 2. The van der Waals surface area contributed by atoms with Crippen LogP contribution in [0.1, 0.15) is 35.2 Å². The molecule has 2 aliphatic rings. The molecule has 2 heterocycles. The molecule has 18 heavy (non-hydrogen) atoms. The zero-order valence-electron chi connectivity index (χ0n) is 10.3. The SMILES string of the molecule is C[C@]12N[C@H](Cc3ccccc31)c1ccccc12.Cl. The standard InChI is InChI=1S/C16H15N.ClH/c1-16-13-8-4-2-6-11(13)10-15(17-16)12-7-3-5-9-14(12)16;/h2-9,15,17H,10H2,1H3;1H/t15-,16+;/m1./s1. The maximum Gasteiger partial charge on any atom is 0.0672 e. The van der Waals surface area contributed by atoms with Gasteiger partial charge in [0.1, 0.15) is 0 Å². The van der Waals surface area contributed by atoms with Gasteiger partial charge in [0.15, 0.2) is 0 Å². The summed E-state index contributed by atoms with van der Waals surface area (Å²) in [5.41, 5.74) is 5.88. The summed E-state index contributed by atoms with van der Waals surface area (Å²) in [6, 6.07) is 18.2. The number of hydrogen-bond donors (Lipinski definition) is 1. The molecule has 0 fully saturated rings. The molecule has 2 aromatic carbocycles. The van der Waals surface area contributed by atoms with Crippen molar-refractivity contribution in [3.8, 4) is 0 Å². The molecule has 0 radical (unpaired) electrons. The Morgan fingerprint density at radius 2 is 1.67 bits per heavy atom.